The third kappa shape index (κ3) is 2.47. The van der Waals surface area contributed by atoms with Crippen molar-refractivity contribution in [2.45, 2.75) is 19.9 Å². The Labute approximate surface area is 131 Å². The molecule has 3 aromatic rings. The maximum atomic E-state index is 12.9. The van der Waals surface area contributed by atoms with Crippen LogP contribution in [0.3, 0.4) is 0 Å². The SMILES string of the molecule is CC(C)C(c1cccs1)n1c(=S)[nH]c2ccccc2c1=O. The molecule has 0 saturated carbocycles. The molecular formula is C16H16N2OS2. The fourth-order valence-electron chi connectivity index (χ4n) is 2.64. The van der Waals surface area contributed by atoms with Crippen LogP contribution in [-0.4, -0.2) is 9.55 Å². The average molecular weight is 316 g/mol. The largest absolute Gasteiger partial charge is 0.332 e. The molecule has 2 heterocycles. The first-order valence-electron chi connectivity index (χ1n) is 6.86. The standard InChI is InChI=1S/C16H16N2OS2/c1-10(2)14(13-8-5-9-21-13)18-15(19)11-6-3-4-7-12(11)17-16(18)20/h3-10,14H,1-2H3,(H,17,20). The number of hydrogen-bond acceptors (Lipinski definition) is 3. The molecule has 1 atom stereocenters. The lowest BCUT2D eigenvalue weighted by atomic mass is 10.0. The van der Waals surface area contributed by atoms with E-state index in [2.05, 4.69) is 24.9 Å². The van der Waals surface area contributed by atoms with Gasteiger partial charge in [0.2, 0.25) is 0 Å². The van der Waals surface area contributed by atoms with Crippen LogP contribution in [-0.2, 0) is 0 Å². The molecule has 0 amide bonds. The van der Waals surface area contributed by atoms with E-state index in [1.54, 1.807) is 15.9 Å². The number of thiophene rings is 1. The van der Waals surface area contributed by atoms with Gasteiger partial charge in [-0.1, -0.05) is 32.0 Å². The zero-order chi connectivity index (χ0) is 15.0. The van der Waals surface area contributed by atoms with Gasteiger partial charge in [-0.2, -0.15) is 0 Å². The third-order valence-electron chi connectivity index (χ3n) is 3.58. The predicted octanol–water partition coefficient (Wildman–Crippen LogP) is 4.37. The van der Waals surface area contributed by atoms with Crippen LogP contribution in [0, 0.1) is 10.7 Å². The second-order valence-electron chi connectivity index (χ2n) is 5.36. The fourth-order valence-corrected chi connectivity index (χ4v) is 3.94. The number of aromatic nitrogens is 2. The van der Waals surface area contributed by atoms with Crippen molar-refractivity contribution in [2.24, 2.45) is 5.92 Å². The van der Waals surface area contributed by atoms with E-state index >= 15 is 0 Å². The van der Waals surface area contributed by atoms with Crippen LogP contribution < -0.4 is 5.56 Å². The summed E-state index contributed by atoms with van der Waals surface area (Å²) < 4.78 is 2.19. The molecule has 1 N–H and O–H groups in total. The zero-order valence-corrected chi connectivity index (χ0v) is 13.5. The second-order valence-corrected chi connectivity index (χ2v) is 6.72. The first kappa shape index (κ1) is 14.2. The van der Waals surface area contributed by atoms with Crippen molar-refractivity contribution in [1.29, 1.82) is 0 Å². The van der Waals surface area contributed by atoms with Gasteiger partial charge in [0.1, 0.15) is 0 Å². The lowest BCUT2D eigenvalue weighted by Crippen LogP contribution is -2.29. The Morgan fingerprint density at radius 3 is 2.62 bits per heavy atom. The number of nitrogens with one attached hydrogen (secondary N) is 1. The van der Waals surface area contributed by atoms with Crippen molar-refractivity contribution in [3.8, 4) is 0 Å². The van der Waals surface area contributed by atoms with Crippen molar-refractivity contribution < 1.29 is 0 Å². The Balaban J connectivity index is 2.33. The molecule has 108 valence electrons. The number of benzene rings is 1. The summed E-state index contributed by atoms with van der Waals surface area (Å²) in [6.07, 6.45) is 0. The molecule has 0 saturated heterocycles. The first-order valence-corrected chi connectivity index (χ1v) is 8.15. The maximum absolute atomic E-state index is 12.9. The van der Waals surface area contributed by atoms with E-state index in [0.717, 1.165) is 10.4 Å². The molecule has 21 heavy (non-hydrogen) atoms. The van der Waals surface area contributed by atoms with Gasteiger partial charge < -0.3 is 4.98 Å². The van der Waals surface area contributed by atoms with Gasteiger partial charge in [-0.15, -0.1) is 11.3 Å². The Morgan fingerprint density at radius 1 is 1.19 bits per heavy atom. The molecule has 3 rings (SSSR count). The highest BCUT2D eigenvalue weighted by atomic mass is 32.1. The molecule has 0 spiro atoms. The van der Waals surface area contributed by atoms with E-state index in [-0.39, 0.29) is 17.5 Å². The highest BCUT2D eigenvalue weighted by Gasteiger charge is 2.22. The zero-order valence-electron chi connectivity index (χ0n) is 11.9. The molecule has 3 nitrogen and oxygen atoms in total. The third-order valence-corrected chi connectivity index (χ3v) is 4.82. The molecule has 2 aromatic heterocycles. The molecule has 0 fully saturated rings. The van der Waals surface area contributed by atoms with Gasteiger partial charge in [-0.3, -0.25) is 9.36 Å². The summed E-state index contributed by atoms with van der Waals surface area (Å²) in [5.41, 5.74) is 0.763. The van der Waals surface area contributed by atoms with Gasteiger partial charge in [0.05, 0.1) is 16.9 Å². The van der Waals surface area contributed by atoms with Crippen molar-refractivity contribution in [3.05, 3.63) is 61.8 Å². The van der Waals surface area contributed by atoms with Crippen molar-refractivity contribution in [1.82, 2.24) is 9.55 Å². The number of aromatic amines is 1. The highest BCUT2D eigenvalue weighted by molar-refractivity contribution is 7.71. The molecule has 0 aliphatic rings. The molecule has 1 unspecified atom stereocenters. The van der Waals surface area contributed by atoms with Crippen LogP contribution in [0.1, 0.15) is 24.8 Å². The lowest BCUT2D eigenvalue weighted by Gasteiger charge is -2.22. The Hall–Kier alpha value is -1.72. The minimum Gasteiger partial charge on any atom is -0.332 e. The van der Waals surface area contributed by atoms with Crippen LogP contribution in [0.15, 0.2) is 46.6 Å². The smallest absolute Gasteiger partial charge is 0.262 e. The Morgan fingerprint density at radius 2 is 1.95 bits per heavy atom. The van der Waals surface area contributed by atoms with E-state index in [9.17, 15) is 4.79 Å². The molecule has 0 aliphatic heterocycles. The minimum atomic E-state index is -0.0362. The number of hydrogen-bond donors (Lipinski definition) is 1. The molecule has 0 bridgehead atoms. The van der Waals surface area contributed by atoms with Crippen LogP contribution in [0.2, 0.25) is 0 Å². The van der Waals surface area contributed by atoms with Gasteiger partial charge in [0.15, 0.2) is 4.77 Å². The lowest BCUT2D eigenvalue weighted by molar-refractivity contribution is 0.426. The minimum absolute atomic E-state index is 0.0264. The second kappa shape index (κ2) is 5.58. The summed E-state index contributed by atoms with van der Waals surface area (Å²) in [6, 6.07) is 11.5. The van der Waals surface area contributed by atoms with Crippen molar-refractivity contribution in [3.63, 3.8) is 0 Å². The summed E-state index contributed by atoms with van der Waals surface area (Å²) >= 11 is 7.11. The van der Waals surface area contributed by atoms with Gasteiger partial charge in [-0.25, -0.2) is 0 Å². The topological polar surface area (TPSA) is 37.8 Å². The quantitative estimate of drug-likeness (QED) is 0.729. The van der Waals surface area contributed by atoms with Gasteiger partial charge in [0.25, 0.3) is 5.56 Å². The van der Waals surface area contributed by atoms with Crippen molar-refractivity contribution in [2.75, 3.05) is 0 Å². The number of para-hydroxylation sites is 1. The molecule has 0 radical (unpaired) electrons. The average Bonchev–Trinajstić information content (AvgIpc) is 2.96. The molecular weight excluding hydrogens is 300 g/mol. The van der Waals surface area contributed by atoms with Gasteiger partial charge >= 0.3 is 0 Å². The first-order chi connectivity index (χ1) is 10.1. The van der Waals surface area contributed by atoms with Crippen LogP contribution in [0.25, 0.3) is 10.9 Å². The van der Waals surface area contributed by atoms with E-state index < -0.39 is 0 Å². The Kier molecular flexibility index (Phi) is 3.78. The summed E-state index contributed by atoms with van der Waals surface area (Å²) in [5.74, 6) is 0.276. The van der Waals surface area contributed by atoms with Gasteiger partial charge in [-0.05, 0) is 41.7 Å². The molecule has 5 heteroatoms. The van der Waals surface area contributed by atoms with Crippen LogP contribution in [0.4, 0.5) is 0 Å². The summed E-state index contributed by atoms with van der Waals surface area (Å²) in [6.45, 7) is 4.22. The van der Waals surface area contributed by atoms with Crippen LogP contribution in [0.5, 0.6) is 0 Å². The Bertz CT molecular complexity index is 875. The highest BCUT2D eigenvalue weighted by Crippen LogP contribution is 2.29. The number of H-pyrrole nitrogens is 1. The normalized spacial score (nSPS) is 12.9. The van der Waals surface area contributed by atoms with Crippen molar-refractivity contribution >= 4 is 34.5 Å². The molecule has 1 aromatic carbocycles. The van der Waals surface area contributed by atoms with E-state index in [1.807, 2.05) is 35.7 Å². The van der Waals surface area contributed by atoms with E-state index in [4.69, 9.17) is 12.2 Å². The summed E-state index contributed by atoms with van der Waals surface area (Å²) in [7, 11) is 0. The van der Waals surface area contributed by atoms with E-state index in [1.165, 1.54) is 0 Å². The fraction of sp³-hybridized carbons (Fsp3) is 0.250. The number of fused-ring (bicyclic) bond motifs is 1. The van der Waals surface area contributed by atoms with Gasteiger partial charge in [0, 0.05) is 4.88 Å². The van der Waals surface area contributed by atoms with Crippen LogP contribution >= 0.6 is 23.6 Å². The summed E-state index contributed by atoms with van der Waals surface area (Å²) in [4.78, 5) is 17.2. The summed E-state index contributed by atoms with van der Waals surface area (Å²) in [5, 5.41) is 2.71. The number of nitrogens with zero attached hydrogens (tertiary/aromatic N) is 1. The molecule has 0 aliphatic carbocycles. The maximum Gasteiger partial charge on any atom is 0.262 e. The number of rotatable bonds is 3. The van der Waals surface area contributed by atoms with E-state index in [0.29, 0.717) is 10.2 Å². The predicted molar refractivity (Wildman–Crippen MR) is 90.7 cm³/mol. The monoisotopic (exact) mass is 316 g/mol.